The van der Waals surface area contributed by atoms with Crippen LogP contribution in [0.15, 0.2) is 55.1 Å². The maximum absolute atomic E-state index is 9.74. The Kier molecular flexibility index (Phi) is 6.93. The lowest BCUT2D eigenvalue weighted by Crippen LogP contribution is -2.46. The zero-order valence-corrected chi connectivity index (χ0v) is 23.4. The molecule has 210 valence electrons. The first-order chi connectivity index (χ1) is 20.2. The Morgan fingerprint density at radius 2 is 1.83 bits per heavy atom. The van der Waals surface area contributed by atoms with Crippen molar-refractivity contribution < 1.29 is 9.47 Å². The average Bonchev–Trinajstić information content (AvgIpc) is 3.41. The van der Waals surface area contributed by atoms with Crippen molar-refractivity contribution in [1.29, 1.82) is 5.26 Å². The van der Waals surface area contributed by atoms with Crippen LogP contribution < -0.4 is 14.4 Å². The number of nitrogens with zero attached hydrogens (tertiary/aromatic N) is 7. The standard InChI is InChI=1S/C32H35N7O2/c1-40-31-5-2-23(17-35-31)20-37-7-9-38(10-8-37)30-4-3-24(18-34-30)29-15-28(21-39-32(29)27(16-33)19-36-39)41-11-6-22-12-25-14-26(25)13-22/h2-5,15,17-19,21-22,25-26H,6-14,20H2,1H3. The minimum Gasteiger partial charge on any atom is -0.492 e. The Balaban J connectivity index is 1.02. The molecule has 2 saturated carbocycles. The highest BCUT2D eigenvalue weighted by molar-refractivity contribution is 5.85. The van der Waals surface area contributed by atoms with Gasteiger partial charge >= 0.3 is 0 Å². The highest BCUT2D eigenvalue weighted by Gasteiger charge is 2.45. The maximum Gasteiger partial charge on any atom is 0.212 e. The number of methoxy groups -OCH3 is 1. The number of fused-ring (bicyclic) bond motifs is 2. The van der Waals surface area contributed by atoms with Crippen LogP contribution in [0.1, 0.15) is 36.8 Å². The number of hydrogen-bond acceptors (Lipinski definition) is 8. The van der Waals surface area contributed by atoms with Crippen molar-refractivity contribution in [1.82, 2.24) is 24.5 Å². The fraction of sp³-hybridized carbons (Fsp3) is 0.438. The summed E-state index contributed by atoms with van der Waals surface area (Å²) in [5, 5.41) is 14.2. The first-order valence-electron chi connectivity index (χ1n) is 14.6. The smallest absolute Gasteiger partial charge is 0.212 e. The lowest BCUT2D eigenvalue weighted by Gasteiger charge is -2.35. The summed E-state index contributed by atoms with van der Waals surface area (Å²) in [4.78, 5) is 13.9. The Bertz CT molecular complexity index is 1540. The van der Waals surface area contributed by atoms with Crippen LogP contribution in [0.4, 0.5) is 5.82 Å². The number of ether oxygens (including phenoxy) is 2. The third-order valence-corrected chi connectivity index (χ3v) is 9.01. The monoisotopic (exact) mass is 549 g/mol. The molecule has 41 heavy (non-hydrogen) atoms. The largest absolute Gasteiger partial charge is 0.492 e. The van der Waals surface area contributed by atoms with Gasteiger partial charge in [-0.3, -0.25) is 4.90 Å². The van der Waals surface area contributed by atoms with Crippen molar-refractivity contribution in [2.45, 2.75) is 32.2 Å². The van der Waals surface area contributed by atoms with Gasteiger partial charge in [0.1, 0.15) is 17.6 Å². The zero-order valence-electron chi connectivity index (χ0n) is 23.4. The molecular weight excluding hydrogens is 514 g/mol. The van der Waals surface area contributed by atoms with E-state index in [4.69, 9.17) is 14.5 Å². The van der Waals surface area contributed by atoms with Crippen LogP contribution in [-0.4, -0.2) is 64.4 Å². The normalized spacial score (nSPS) is 22.0. The van der Waals surface area contributed by atoms with E-state index in [0.29, 0.717) is 18.1 Å². The number of nitriles is 1. The van der Waals surface area contributed by atoms with Crippen molar-refractivity contribution in [3.63, 3.8) is 0 Å². The van der Waals surface area contributed by atoms with E-state index in [1.807, 2.05) is 30.7 Å². The molecule has 4 aromatic rings. The van der Waals surface area contributed by atoms with Gasteiger partial charge in [0, 0.05) is 62.3 Å². The fourth-order valence-corrected chi connectivity index (χ4v) is 6.65. The third kappa shape index (κ3) is 5.44. The molecule has 9 nitrogen and oxygen atoms in total. The van der Waals surface area contributed by atoms with Crippen LogP contribution in [0, 0.1) is 29.1 Å². The molecule has 2 aliphatic carbocycles. The molecule has 4 aromatic heterocycles. The molecule has 0 spiro atoms. The Labute approximate surface area is 240 Å². The maximum atomic E-state index is 9.74. The van der Waals surface area contributed by atoms with Gasteiger partial charge in [-0.1, -0.05) is 6.07 Å². The van der Waals surface area contributed by atoms with Crippen LogP contribution in [0.25, 0.3) is 16.6 Å². The van der Waals surface area contributed by atoms with E-state index in [1.54, 1.807) is 17.8 Å². The van der Waals surface area contributed by atoms with Crippen LogP contribution in [-0.2, 0) is 6.54 Å². The second kappa shape index (κ2) is 11.0. The number of aromatic nitrogens is 4. The predicted octanol–water partition coefficient (Wildman–Crippen LogP) is 4.81. The molecular formula is C32H35N7O2. The Morgan fingerprint density at radius 3 is 2.54 bits per heavy atom. The molecule has 0 radical (unpaired) electrons. The molecule has 3 aliphatic rings. The second-order valence-corrected chi connectivity index (χ2v) is 11.7. The summed E-state index contributed by atoms with van der Waals surface area (Å²) in [6.45, 7) is 5.32. The summed E-state index contributed by atoms with van der Waals surface area (Å²) in [6, 6.07) is 12.5. The zero-order chi connectivity index (χ0) is 27.8. The minimum atomic E-state index is 0.545. The molecule has 2 atom stereocenters. The SMILES string of the molecule is COc1ccc(CN2CCN(c3ccc(-c4cc(OCCC5CC6CC6C5)cn5ncc(C#N)c45)cn3)CC2)cn1. The molecule has 2 unspecified atom stereocenters. The summed E-state index contributed by atoms with van der Waals surface area (Å²) in [7, 11) is 1.63. The van der Waals surface area contributed by atoms with Gasteiger partial charge in [-0.25, -0.2) is 14.5 Å². The van der Waals surface area contributed by atoms with E-state index in [9.17, 15) is 5.26 Å². The molecule has 7 rings (SSSR count). The number of pyridine rings is 3. The molecule has 0 amide bonds. The van der Waals surface area contributed by atoms with Gasteiger partial charge in [-0.15, -0.1) is 0 Å². The van der Waals surface area contributed by atoms with Crippen LogP contribution in [0.2, 0.25) is 0 Å². The van der Waals surface area contributed by atoms with Crippen molar-refractivity contribution >= 4 is 11.3 Å². The van der Waals surface area contributed by atoms with E-state index in [-0.39, 0.29) is 0 Å². The van der Waals surface area contributed by atoms with Crippen LogP contribution in [0.3, 0.4) is 0 Å². The molecule has 0 N–H and O–H groups in total. The Hall–Kier alpha value is -4.16. The minimum absolute atomic E-state index is 0.545. The molecule has 3 fully saturated rings. The first-order valence-corrected chi connectivity index (χ1v) is 14.6. The van der Waals surface area contributed by atoms with E-state index < -0.39 is 0 Å². The predicted molar refractivity (Wildman–Crippen MR) is 156 cm³/mol. The summed E-state index contributed by atoms with van der Waals surface area (Å²) in [5.74, 6) is 5.16. The molecule has 1 saturated heterocycles. The second-order valence-electron chi connectivity index (χ2n) is 11.7. The first kappa shape index (κ1) is 25.8. The lowest BCUT2D eigenvalue weighted by atomic mass is 10.0. The van der Waals surface area contributed by atoms with Gasteiger partial charge in [-0.2, -0.15) is 10.4 Å². The highest BCUT2D eigenvalue weighted by Crippen LogP contribution is 2.55. The topological polar surface area (TPSA) is 91.8 Å². The highest BCUT2D eigenvalue weighted by atomic mass is 16.5. The lowest BCUT2D eigenvalue weighted by molar-refractivity contribution is 0.249. The van der Waals surface area contributed by atoms with E-state index in [0.717, 1.165) is 85.1 Å². The molecule has 5 heterocycles. The van der Waals surface area contributed by atoms with Gasteiger partial charge in [0.25, 0.3) is 0 Å². The molecule has 9 heteroatoms. The van der Waals surface area contributed by atoms with Crippen LogP contribution >= 0.6 is 0 Å². The summed E-state index contributed by atoms with van der Waals surface area (Å²) in [6.07, 6.45) is 12.6. The number of hydrogen-bond donors (Lipinski definition) is 0. The van der Waals surface area contributed by atoms with E-state index in [2.05, 4.69) is 44.2 Å². The van der Waals surface area contributed by atoms with Crippen molar-refractivity contribution in [3.05, 3.63) is 66.2 Å². The van der Waals surface area contributed by atoms with Crippen molar-refractivity contribution in [2.24, 2.45) is 17.8 Å². The number of piperazine rings is 1. The number of anilines is 1. The van der Waals surface area contributed by atoms with E-state index in [1.165, 1.54) is 24.8 Å². The van der Waals surface area contributed by atoms with Gasteiger partial charge in [0.15, 0.2) is 0 Å². The summed E-state index contributed by atoms with van der Waals surface area (Å²) < 4.78 is 13.2. The Morgan fingerprint density at radius 1 is 0.976 bits per heavy atom. The van der Waals surface area contributed by atoms with Crippen molar-refractivity contribution in [2.75, 3.05) is 44.8 Å². The number of rotatable bonds is 9. The van der Waals surface area contributed by atoms with Crippen LogP contribution in [0.5, 0.6) is 11.6 Å². The third-order valence-electron chi connectivity index (χ3n) is 9.01. The van der Waals surface area contributed by atoms with E-state index >= 15 is 0 Å². The van der Waals surface area contributed by atoms with Gasteiger partial charge in [0.2, 0.25) is 5.88 Å². The van der Waals surface area contributed by atoms with Crippen molar-refractivity contribution in [3.8, 4) is 28.8 Å². The fourth-order valence-electron chi connectivity index (χ4n) is 6.65. The average molecular weight is 550 g/mol. The summed E-state index contributed by atoms with van der Waals surface area (Å²) >= 11 is 0. The summed E-state index contributed by atoms with van der Waals surface area (Å²) in [5.41, 5.74) is 4.38. The quantitative estimate of drug-likeness (QED) is 0.294. The molecule has 1 aliphatic heterocycles. The van der Waals surface area contributed by atoms with Gasteiger partial charge < -0.3 is 14.4 Å². The molecule has 0 bridgehead atoms. The van der Waals surface area contributed by atoms with Gasteiger partial charge in [-0.05, 0) is 67.2 Å². The van der Waals surface area contributed by atoms with Gasteiger partial charge in [0.05, 0.1) is 37.2 Å². The molecule has 0 aromatic carbocycles.